The van der Waals surface area contributed by atoms with E-state index in [1.54, 1.807) is 0 Å². The summed E-state index contributed by atoms with van der Waals surface area (Å²) in [5, 5.41) is 52.5. The molecular formula is C25H31N5O10. The van der Waals surface area contributed by atoms with Gasteiger partial charge in [0.2, 0.25) is 0 Å². The Balaban J connectivity index is 0.000000289. The van der Waals surface area contributed by atoms with E-state index in [4.69, 9.17) is 25.2 Å². The lowest BCUT2D eigenvalue weighted by atomic mass is 9.96. The monoisotopic (exact) mass is 561 g/mol. The van der Waals surface area contributed by atoms with Gasteiger partial charge in [0.25, 0.3) is 0 Å². The van der Waals surface area contributed by atoms with Gasteiger partial charge >= 0.3 is 23.9 Å². The Kier molecular flexibility index (Phi) is 9.93. The Bertz CT molecular complexity index is 1370. The van der Waals surface area contributed by atoms with Crippen LogP contribution >= 0.6 is 0 Å². The molecule has 0 spiro atoms. The third-order valence-electron chi connectivity index (χ3n) is 6.21. The van der Waals surface area contributed by atoms with Gasteiger partial charge in [-0.15, -0.1) is 10.2 Å². The number of carboxylic acid groups (broad SMARTS) is 3. The van der Waals surface area contributed by atoms with Crippen molar-refractivity contribution >= 4 is 34.8 Å². The van der Waals surface area contributed by atoms with Crippen LogP contribution in [0.25, 0.3) is 10.9 Å². The number of aliphatic carboxylic acids is 3. The van der Waals surface area contributed by atoms with Crippen molar-refractivity contribution in [3.63, 3.8) is 0 Å². The van der Waals surface area contributed by atoms with Crippen molar-refractivity contribution in [3.8, 4) is 0 Å². The van der Waals surface area contributed by atoms with E-state index in [0.717, 1.165) is 36.4 Å². The lowest BCUT2D eigenvalue weighted by Gasteiger charge is -2.27. The number of aliphatic hydroxyl groups is 2. The Morgan fingerprint density at radius 1 is 1.02 bits per heavy atom. The summed E-state index contributed by atoms with van der Waals surface area (Å²) in [4.78, 5) is 44.7. The van der Waals surface area contributed by atoms with E-state index < -0.39 is 36.4 Å². The Labute approximate surface area is 227 Å². The zero-order valence-corrected chi connectivity index (χ0v) is 21.8. The first-order chi connectivity index (χ1) is 19.0. The summed E-state index contributed by atoms with van der Waals surface area (Å²) in [7, 11) is 0. The van der Waals surface area contributed by atoms with Gasteiger partial charge in [-0.3, -0.25) is 19.3 Å². The first-order valence-electron chi connectivity index (χ1n) is 12.3. The number of benzene rings is 1. The quantitative estimate of drug-likeness (QED) is 0.196. The molecule has 1 aromatic carbocycles. The smallest absolute Gasteiger partial charge is 0.336 e. The van der Waals surface area contributed by atoms with Crippen LogP contribution in [0.1, 0.15) is 37.0 Å². The average molecular weight is 562 g/mol. The molecule has 1 aliphatic heterocycles. The lowest BCUT2D eigenvalue weighted by Crippen LogP contribution is -2.42. The predicted molar refractivity (Wildman–Crippen MR) is 136 cm³/mol. The molecule has 0 radical (unpaired) electrons. The van der Waals surface area contributed by atoms with Crippen LogP contribution in [0.15, 0.2) is 30.5 Å². The highest BCUT2D eigenvalue weighted by atomic mass is 16.5. The van der Waals surface area contributed by atoms with Crippen LogP contribution in [0, 0.1) is 0 Å². The molecule has 5 N–H and O–H groups in total. The number of carbonyl (C=O) groups excluding carboxylic acids is 1. The molecule has 0 amide bonds. The molecular weight excluding hydrogens is 530 g/mol. The number of rotatable bonds is 11. The minimum Gasteiger partial charge on any atom is -0.481 e. The molecule has 1 aliphatic rings. The topological polar surface area (TPSA) is 218 Å². The molecule has 4 rings (SSSR count). The van der Waals surface area contributed by atoms with Gasteiger partial charge in [-0.25, -0.2) is 4.79 Å². The molecule has 15 nitrogen and oxygen atoms in total. The highest BCUT2D eigenvalue weighted by Gasteiger charge is 2.40. The Hall–Kier alpha value is -4.34. The van der Waals surface area contributed by atoms with Crippen LogP contribution in [0.4, 0.5) is 0 Å². The Morgan fingerprint density at radius 2 is 1.70 bits per heavy atom. The van der Waals surface area contributed by atoms with Gasteiger partial charge in [0.15, 0.2) is 11.4 Å². The van der Waals surface area contributed by atoms with Crippen molar-refractivity contribution < 1.29 is 49.4 Å². The number of para-hydroxylation sites is 1. The number of hydrogen-bond acceptors (Lipinski definition) is 10. The zero-order chi connectivity index (χ0) is 29.4. The maximum atomic E-state index is 11.9. The summed E-state index contributed by atoms with van der Waals surface area (Å²) < 4.78 is 9.04. The lowest BCUT2D eigenvalue weighted by molar-refractivity contribution is -0.170. The van der Waals surface area contributed by atoms with Crippen LogP contribution in [-0.4, -0.2) is 92.4 Å². The molecule has 40 heavy (non-hydrogen) atoms. The van der Waals surface area contributed by atoms with Gasteiger partial charge in [-0.2, -0.15) is 0 Å². The fourth-order valence-corrected chi connectivity index (χ4v) is 4.40. The van der Waals surface area contributed by atoms with Gasteiger partial charge < -0.3 is 39.4 Å². The molecule has 0 saturated carbocycles. The largest absolute Gasteiger partial charge is 0.481 e. The second kappa shape index (κ2) is 13.1. The van der Waals surface area contributed by atoms with Crippen molar-refractivity contribution in [2.75, 3.05) is 13.2 Å². The minimum atomic E-state index is -2.74. The van der Waals surface area contributed by atoms with Crippen LogP contribution in [-0.2, 0) is 56.7 Å². The molecule has 0 atom stereocenters. The molecule has 3 aromatic rings. The summed E-state index contributed by atoms with van der Waals surface area (Å²) in [6.07, 6.45) is -0.247. The molecule has 216 valence electrons. The maximum Gasteiger partial charge on any atom is 0.336 e. The number of carboxylic acids is 3. The summed E-state index contributed by atoms with van der Waals surface area (Å²) in [5.41, 5.74) is -0.536. The van der Waals surface area contributed by atoms with E-state index in [1.165, 1.54) is 5.56 Å². The number of ether oxygens (including phenoxy) is 1. The average Bonchev–Trinajstić information content (AvgIpc) is 3.44. The number of aromatic nitrogens is 4. The highest BCUT2D eigenvalue weighted by molar-refractivity contribution is 5.88. The summed E-state index contributed by atoms with van der Waals surface area (Å²) >= 11 is 0. The molecule has 3 heterocycles. The second-order valence-electron chi connectivity index (χ2n) is 9.14. The number of nitrogens with zero attached hydrogens (tertiary/aromatic N) is 5. The fourth-order valence-electron chi connectivity index (χ4n) is 4.40. The fraction of sp³-hybridized carbons (Fsp3) is 0.440. The number of aliphatic hydroxyl groups excluding tert-OH is 1. The highest BCUT2D eigenvalue weighted by Crippen LogP contribution is 2.24. The number of hydrogen-bond donors (Lipinski definition) is 5. The van der Waals surface area contributed by atoms with E-state index in [9.17, 15) is 24.3 Å². The summed E-state index contributed by atoms with van der Waals surface area (Å²) in [6, 6.07) is 8.11. The SMILES string of the molecule is CCOC(=O)Cn1cc(CN2CCn3c(CO)nnc3C2)c2ccccc21.O=C(O)CC(O)(CC(=O)O)C(=O)O. The van der Waals surface area contributed by atoms with Gasteiger partial charge in [-0.1, -0.05) is 18.2 Å². The van der Waals surface area contributed by atoms with E-state index in [1.807, 2.05) is 40.5 Å². The standard InChI is InChI=1S/C19H23N5O3.C6H8O7/c1-2-27-19(26)12-23-10-14(15-5-3-4-6-16(15)23)9-22-7-8-24-17(11-22)20-21-18(24)13-25;7-3(8)1-6(13,5(11)12)2-4(9)10/h3-6,10,25H,2,7-9,11-13H2,1H3;13H,1-2H2,(H,7,8)(H,9,10)(H,11,12). The molecule has 2 aromatic heterocycles. The molecule has 0 bridgehead atoms. The van der Waals surface area contributed by atoms with Gasteiger partial charge in [0, 0.05) is 36.7 Å². The molecule has 0 aliphatic carbocycles. The molecule has 0 saturated heterocycles. The van der Waals surface area contributed by atoms with Crippen molar-refractivity contribution in [1.82, 2.24) is 24.2 Å². The summed E-state index contributed by atoms with van der Waals surface area (Å²) in [5.74, 6) is -3.75. The van der Waals surface area contributed by atoms with Crippen LogP contribution < -0.4 is 0 Å². The van der Waals surface area contributed by atoms with Crippen molar-refractivity contribution in [2.24, 2.45) is 0 Å². The Morgan fingerprint density at radius 3 is 2.30 bits per heavy atom. The molecule has 15 heteroatoms. The van der Waals surface area contributed by atoms with E-state index >= 15 is 0 Å². The van der Waals surface area contributed by atoms with Gasteiger partial charge in [0.1, 0.15) is 19.0 Å². The molecule has 0 unspecified atom stereocenters. The van der Waals surface area contributed by atoms with E-state index in [-0.39, 0.29) is 19.1 Å². The van der Waals surface area contributed by atoms with Crippen molar-refractivity contribution in [3.05, 3.63) is 47.7 Å². The second-order valence-corrected chi connectivity index (χ2v) is 9.14. The van der Waals surface area contributed by atoms with Gasteiger partial charge in [-0.05, 0) is 18.6 Å². The summed E-state index contributed by atoms with van der Waals surface area (Å²) in [6.45, 7) is 5.39. The van der Waals surface area contributed by atoms with Crippen LogP contribution in [0.2, 0.25) is 0 Å². The number of fused-ring (bicyclic) bond motifs is 2. The first-order valence-corrected chi connectivity index (χ1v) is 12.3. The molecule has 0 fully saturated rings. The van der Waals surface area contributed by atoms with Crippen molar-refractivity contribution in [1.29, 1.82) is 0 Å². The van der Waals surface area contributed by atoms with Crippen molar-refractivity contribution in [2.45, 2.75) is 58.2 Å². The third-order valence-corrected chi connectivity index (χ3v) is 6.21. The van der Waals surface area contributed by atoms with E-state index in [0.29, 0.717) is 19.0 Å². The normalized spacial score (nSPS) is 13.3. The minimum absolute atomic E-state index is 0.0889. The maximum absolute atomic E-state index is 11.9. The van der Waals surface area contributed by atoms with E-state index in [2.05, 4.69) is 21.2 Å². The van der Waals surface area contributed by atoms with Gasteiger partial charge in [0.05, 0.1) is 26.0 Å². The van der Waals surface area contributed by atoms with Crippen LogP contribution in [0.3, 0.4) is 0 Å². The van der Waals surface area contributed by atoms with Crippen LogP contribution in [0.5, 0.6) is 0 Å². The number of esters is 1. The number of carbonyl (C=O) groups is 4. The third kappa shape index (κ3) is 7.40. The zero-order valence-electron chi connectivity index (χ0n) is 21.8. The first kappa shape index (κ1) is 30.2. The predicted octanol–water partition coefficient (Wildman–Crippen LogP) is 0.0555.